The monoisotopic (exact) mass is 339 g/mol. The Bertz CT molecular complexity index is 562. The van der Waals surface area contributed by atoms with Gasteiger partial charge in [-0.1, -0.05) is 35.0 Å². The van der Waals surface area contributed by atoms with Crippen molar-refractivity contribution in [3.05, 3.63) is 69.2 Å². The van der Waals surface area contributed by atoms with Crippen LogP contribution in [0.15, 0.2) is 40.9 Å². The van der Waals surface area contributed by atoms with Gasteiger partial charge < -0.3 is 5.32 Å². The van der Waals surface area contributed by atoms with Crippen LogP contribution in [0.25, 0.3) is 0 Å². The van der Waals surface area contributed by atoms with Crippen LogP contribution in [-0.4, -0.2) is 6.54 Å². The Morgan fingerprint density at radius 3 is 2.40 bits per heavy atom. The second-order valence-corrected chi connectivity index (χ2v) is 5.57. The summed E-state index contributed by atoms with van der Waals surface area (Å²) in [6.07, 6.45) is 0. The van der Waals surface area contributed by atoms with Crippen molar-refractivity contribution in [3.8, 4) is 0 Å². The lowest BCUT2D eigenvalue weighted by molar-refractivity contribution is 0.540. The van der Waals surface area contributed by atoms with Crippen molar-refractivity contribution in [1.29, 1.82) is 0 Å². The van der Waals surface area contributed by atoms with Gasteiger partial charge in [-0.3, -0.25) is 0 Å². The number of rotatable bonds is 4. The van der Waals surface area contributed by atoms with E-state index in [1.165, 1.54) is 12.1 Å². The molecule has 0 aromatic heterocycles. The number of hydrogen-bond acceptors (Lipinski definition) is 1. The number of benzene rings is 2. The molecule has 0 fully saturated rings. The van der Waals surface area contributed by atoms with E-state index < -0.39 is 11.6 Å². The summed E-state index contributed by atoms with van der Waals surface area (Å²) >= 11 is 3.42. The van der Waals surface area contributed by atoms with E-state index in [1.54, 1.807) is 0 Å². The average molecular weight is 340 g/mol. The molecule has 106 valence electrons. The standard InChI is InChI=1S/C16H16BrF2N/c1-3-20-16(13-6-4-11(17)8-10(13)2)14-7-5-12(18)9-15(14)19/h4-9,16,20H,3H2,1-2H3. The van der Waals surface area contributed by atoms with Gasteiger partial charge in [0.2, 0.25) is 0 Å². The topological polar surface area (TPSA) is 12.0 Å². The minimum Gasteiger partial charge on any atom is -0.306 e. The number of halogens is 3. The molecule has 4 heteroatoms. The largest absolute Gasteiger partial charge is 0.306 e. The molecule has 0 aliphatic carbocycles. The lowest BCUT2D eigenvalue weighted by Gasteiger charge is -2.21. The van der Waals surface area contributed by atoms with Crippen molar-refractivity contribution in [3.63, 3.8) is 0 Å². The lowest BCUT2D eigenvalue weighted by atomic mass is 9.94. The van der Waals surface area contributed by atoms with Gasteiger partial charge in [-0.05, 0) is 42.8 Å². The van der Waals surface area contributed by atoms with Gasteiger partial charge in [0.25, 0.3) is 0 Å². The van der Waals surface area contributed by atoms with E-state index in [9.17, 15) is 8.78 Å². The van der Waals surface area contributed by atoms with Crippen molar-refractivity contribution in [2.24, 2.45) is 0 Å². The summed E-state index contributed by atoms with van der Waals surface area (Å²) in [5.41, 5.74) is 2.49. The van der Waals surface area contributed by atoms with Crippen molar-refractivity contribution in [2.45, 2.75) is 19.9 Å². The van der Waals surface area contributed by atoms with Gasteiger partial charge in [0.1, 0.15) is 11.6 Å². The Kier molecular flexibility index (Phi) is 4.89. The molecule has 1 atom stereocenters. The summed E-state index contributed by atoms with van der Waals surface area (Å²) in [7, 11) is 0. The van der Waals surface area contributed by atoms with Gasteiger partial charge in [0.15, 0.2) is 0 Å². The third-order valence-corrected chi connectivity index (χ3v) is 3.72. The molecule has 0 amide bonds. The van der Waals surface area contributed by atoms with Crippen molar-refractivity contribution in [1.82, 2.24) is 5.32 Å². The second kappa shape index (κ2) is 6.46. The fraction of sp³-hybridized carbons (Fsp3) is 0.250. The summed E-state index contributed by atoms with van der Waals surface area (Å²) in [4.78, 5) is 0. The summed E-state index contributed by atoms with van der Waals surface area (Å²) in [6.45, 7) is 4.63. The molecule has 1 nitrogen and oxygen atoms in total. The van der Waals surface area contributed by atoms with Crippen molar-refractivity contribution < 1.29 is 8.78 Å². The molecule has 2 rings (SSSR count). The lowest BCUT2D eigenvalue weighted by Crippen LogP contribution is -2.23. The summed E-state index contributed by atoms with van der Waals surface area (Å²) < 4.78 is 28.1. The zero-order valence-corrected chi connectivity index (χ0v) is 13.0. The van der Waals surface area contributed by atoms with E-state index in [0.717, 1.165) is 21.7 Å². The predicted molar refractivity (Wildman–Crippen MR) is 80.8 cm³/mol. The Morgan fingerprint density at radius 1 is 1.10 bits per heavy atom. The molecular weight excluding hydrogens is 324 g/mol. The predicted octanol–water partition coefficient (Wildman–Crippen LogP) is 4.73. The van der Waals surface area contributed by atoms with Crippen LogP contribution in [-0.2, 0) is 0 Å². The van der Waals surface area contributed by atoms with Crippen LogP contribution in [0.3, 0.4) is 0 Å². The van der Waals surface area contributed by atoms with Crippen molar-refractivity contribution >= 4 is 15.9 Å². The summed E-state index contributed by atoms with van der Waals surface area (Å²) in [5.74, 6) is -1.09. The number of aryl methyl sites for hydroxylation is 1. The van der Waals surface area contributed by atoms with Gasteiger partial charge in [-0.15, -0.1) is 0 Å². The molecule has 2 aromatic rings. The normalized spacial score (nSPS) is 12.4. The van der Waals surface area contributed by atoms with Crippen LogP contribution < -0.4 is 5.32 Å². The molecule has 0 saturated heterocycles. The van der Waals surface area contributed by atoms with E-state index >= 15 is 0 Å². The first kappa shape index (κ1) is 15.1. The number of nitrogens with one attached hydrogen (secondary N) is 1. The highest BCUT2D eigenvalue weighted by Crippen LogP contribution is 2.29. The van der Waals surface area contributed by atoms with E-state index in [1.807, 2.05) is 32.0 Å². The summed E-state index contributed by atoms with van der Waals surface area (Å²) in [6, 6.07) is 9.29. The average Bonchev–Trinajstić information content (AvgIpc) is 2.37. The molecule has 1 unspecified atom stereocenters. The van der Waals surface area contributed by atoms with Crippen LogP contribution in [0, 0.1) is 18.6 Å². The molecule has 0 aliphatic heterocycles. The Labute approximate surface area is 126 Å². The van der Waals surface area contributed by atoms with E-state index in [2.05, 4.69) is 21.2 Å². The van der Waals surface area contributed by atoms with Gasteiger partial charge in [0, 0.05) is 16.1 Å². The molecule has 1 N–H and O–H groups in total. The fourth-order valence-electron chi connectivity index (χ4n) is 2.29. The molecule has 0 saturated carbocycles. The first-order chi connectivity index (χ1) is 9.52. The third-order valence-electron chi connectivity index (χ3n) is 3.22. The first-order valence-corrected chi connectivity index (χ1v) is 7.26. The van der Waals surface area contributed by atoms with Crippen LogP contribution in [0.4, 0.5) is 8.78 Å². The summed E-state index contributed by atoms with van der Waals surface area (Å²) in [5, 5.41) is 3.26. The molecule has 0 radical (unpaired) electrons. The highest BCUT2D eigenvalue weighted by Gasteiger charge is 2.19. The Morgan fingerprint density at radius 2 is 1.80 bits per heavy atom. The Hall–Kier alpha value is -1.26. The van der Waals surface area contributed by atoms with Gasteiger partial charge in [-0.25, -0.2) is 8.78 Å². The van der Waals surface area contributed by atoms with Gasteiger partial charge in [0.05, 0.1) is 6.04 Å². The molecule has 2 aromatic carbocycles. The second-order valence-electron chi connectivity index (χ2n) is 4.66. The molecule has 0 bridgehead atoms. The van der Waals surface area contributed by atoms with Crippen LogP contribution in [0.1, 0.15) is 29.7 Å². The maximum atomic E-state index is 14.0. The zero-order chi connectivity index (χ0) is 14.7. The smallest absolute Gasteiger partial charge is 0.131 e. The van der Waals surface area contributed by atoms with E-state index in [-0.39, 0.29) is 6.04 Å². The molecule has 0 heterocycles. The third kappa shape index (κ3) is 3.25. The minimum atomic E-state index is -0.561. The van der Waals surface area contributed by atoms with Gasteiger partial charge >= 0.3 is 0 Å². The zero-order valence-electron chi connectivity index (χ0n) is 11.4. The maximum Gasteiger partial charge on any atom is 0.131 e. The van der Waals surface area contributed by atoms with E-state index in [4.69, 9.17) is 0 Å². The quantitative estimate of drug-likeness (QED) is 0.848. The highest BCUT2D eigenvalue weighted by molar-refractivity contribution is 9.10. The molecule has 0 aliphatic rings. The van der Waals surface area contributed by atoms with Crippen LogP contribution in [0.2, 0.25) is 0 Å². The van der Waals surface area contributed by atoms with Crippen LogP contribution >= 0.6 is 15.9 Å². The van der Waals surface area contributed by atoms with Crippen molar-refractivity contribution in [2.75, 3.05) is 6.54 Å². The molecule has 20 heavy (non-hydrogen) atoms. The molecular formula is C16H16BrF2N. The SMILES string of the molecule is CCNC(c1ccc(Br)cc1C)c1ccc(F)cc1F. The maximum absolute atomic E-state index is 14.0. The Balaban J connectivity index is 2.50. The highest BCUT2D eigenvalue weighted by atomic mass is 79.9. The number of hydrogen-bond donors (Lipinski definition) is 1. The molecule has 0 spiro atoms. The minimum absolute atomic E-state index is 0.284. The fourth-order valence-corrected chi connectivity index (χ4v) is 2.77. The first-order valence-electron chi connectivity index (χ1n) is 6.47. The van der Waals surface area contributed by atoms with Gasteiger partial charge in [-0.2, -0.15) is 0 Å². The van der Waals surface area contributed by atoms with Crippen LogP contribution in [0.5, 0.6) is 0 Å². The van der Waals surface area contributed by atoms with E-state index in [0.29, 0.717) is 12.1 Å².